The summed E-state index contributed by atoms with van der Waals surface area (Å²) in [6.07, 6.45) is 5.48. The Balaban J connectivity index is 0.000000183. The van der Waals surface area contributed by atoms with Gasteiger partial charge in [0.15, 0.2) is 0 Å². The van der Waals surface area contributed by atoms with E-state index in [-0.39, 0.29) is 0 Å². The summed E-state index contributed by atoms with van der Waals surface area (Å²) in [4.78, 5) is 0. The van der Waals surface area contributed by atoms with Crippen molar-refractivity contribution in [1.82, 2.24) is 5.32 Å². The zero-order valence-corrected chi connectivity index (χ0v) is 8.32. The van der Waals surface area contributed by atoms with Crippen LogP contribution in [0.25, 0.3) is 0 Å². The molecule has 0 aromatic carbocycles. The van der Waals surface area contributed by atoms with Crippen LogP contribution in [0.3, 0.4) is 0 Å². The minimum Gasteiger partial charge on any atom is -0.317 e. The lowest BCUT2D eigenvalue weighted by Crippen LogP contribution is -2.03. The largest absolute Gasteiger partial charge is 0.317 e. The topological polar surface area (TPSA) is 12.0 Å². The van der Waals surface area contributed by atoms with Gasteiger partial charge in [0.2, 0.25) is 0 Å². The lowest BCUT2D eigenvalue weighted by atomic mass is 10.1. The van der Waals surface area contributed by atoms with E-state index < -0.39 is 0 Å². The van der Waals surface area contributed by atoms with Crippen LogP contribution in [0.4, 0.5) is 0 Å². The molecule has 1 aliphatic heterocycles. The van der Waals surface area contributed by atoms with Crippen LogP contribution < -0.4 is 5.32 Å². The SMILES string of the molecule is C1CCNC1.CCCC(C)C. The van der Waals surface area contributed by atoms with Gasteiger partial charge in [-0.05, 0) is 31.8 Å². The van der Waals surface area contributed by atoms with Gasteiger partial charge in [-0.25, -0.2) is 0 Å². The molecular weight excluding hydrogens is 134 g/mol. The highest BCUT2D eigenvalue weighted by Crippen LogP contribution is 2.00. The molecule has 1 N–H and O–H groups in total. The molecule has 0 saturated carbocycles. The van der Waals surface area contributed by atoms with Gasteiger partial charge in [-0.2, -0.15) is 0 Å². The summed E-state index contributed by atoms with van der Waals surface area (Å²) >= 11 is 0. The van der Waals surface area contributed by atoms with E-state index in [1.165, 1.54) is 38.8 Å². The summed E-state index contributed by atoms with van der Waals surface area (Å²) in [6.45, 7) is 9.23. The fourth-order valence-electron chi connectivity index (χ4n) is 1.20. The van der Waals surface area contributed by atoms with E-state index in [1.807, 2.05) is 0 Å². The molecule has 1 nitrogen and oxygen atoms in total. The van der Waals surface area contributed by atoms with Gasteiger partial charge in [0.1, 0.15) is 0 Å². The smallest absolute Gasteiger partial charge is 0.00484 e. The van der Waals surface area contributed by atoms with Gasteiger partial charge in [-0.15, -0.1) is 0 Å². The monoisotopic (exact) mass is 157 g/mol. The van der Waals surface area contributed by atoms with Gasteiger partial charge in [0, 0.05) is 0 Å². The molecule has 11 heavy (non-hydrogen) atoms. The first kappa shape index (κ1) is 11.0. The Kier molecular flexibility index (Phi) is 8.03. The predicted molar refractivity (Wildman–Crippen MR) is 51.8 cm³/mol. The van der Waals surface area contributed by atoms with Crippen LogP contribution in [0.2, 0.25) is 0 Å². The first-order chi connectivity index (χ1) is 5.27. The average Bonchev–Trinajstić information content (AvgIpc) is 2.41. The number of hydrogen-bond donors (Lipinski definition) is 1. The summed E-state index contributed by atoms with van der Waals surface area (Å²) in [5.74, 6) is 0.898. The van der Waals surface area contributed by atoms with Crippen LogP contribution in [-0.2, 0) is 0 Å². The second-order valence-electron chi connectivity index (χ2n) is 3.64. The molecule has 0 aromatic heterocycles. The van der Waals surface area contributed by atoms with Crippen molar-refractivity contribution in [1.29, 1.82) is 0 Å². The summed E-state index contributed by atoms with van der Waals surface area (Å²) < 4.78 is 0. The van der Waals surface area contributed by atoms with Gasteiger partial charge in [0.25, 0.3) is 0 Å². The molecule has 68 valence electrons. The molecule has 1 fully saturated rings. The highest BCUT2D eigenvalue weighted by Gasteiger charge is 1.93. The van der Waals surface area contributed by atoms with Gasteiger partial charge >= 0.3 is 0 Å². The van der Waals surface area contributed by atoms with Crippen molar-refractivity contribution in [2.24, 2.45) is 5.92 Å². The van der Waals surface area contributed by atoms with E-state index in [0.717, 1.165) is 5.92 Å². The summed E-state index contributed by atoms with van der Waals surface area (Å²) in [5.41, 5.74) is 0. The maximum absolute atomic E-state index is 3.22. The minimum absolute atomic E-state index is 0.898. The van der Waals surface area contributed by atoms with Crippen LogP contribution in [0.15, 0.2) is 0 Å². The standard InChI is InChI=1S/C6H14.C4H9N/c1-4-5-6(2)3;1-2-4-5-3-1/h6H,4-5H2,1-3H3;5H,1-4H2. The number of nitrogens with one attached hydrogen (secondary N) is 1. The summed E-state index contributed by atoms with van der Waals surface area (Å²) in [6, 6.07) is 0. The zero-order chi connectivity index (χ0) is 8.53. The molecule has 0 aliphatic carbocycles. The van der Waals surface area contributed by atoms with E-state index in [9.17, 15) is 0 Å². The Morgan fingerprint density at radius 3 is 1.82 bits per heavy atom. The lowest BCUT2D eigenvalue weighted by molar-refractivity contribution is 0.576. The Bertz CT molecular complexity index is 57.7. The number of hydrogen-bond acceptors (Lipinski definition) is 1. The third-order valence-corrected chi connectivity index (χ3v) is 1.82. The Labute approximate surface area is 71.6 Å². The molecule has 0 amide bonds. The first-order valence-corrected chi connectivity index (χ1v) is 4.98. The second kappa shape index (κ2) is 8.06. The van der Waals surface area contributed by atoms with Crippen LogP contribution in [-0.4, -0.2) is 13.1 Å². The zero-order valence-electron chi connectivity index (χ0n) is 8.32. The van der Waals surface area contributed by atoms with E-state index >= 15 is 0 Å². The van der Waals surface area contributed by atoms with E-state index in [4.69, 9.17) is 0 Å². The highest BCUT2D eigenvalue weighted by atomic mass is 14.9. The molecule has 0 unspecified atom stereocenters. The van der Waals surface area contributed by atoms with Crippen molar-refractivity contribution in [3.8, 4) is 0 Å². The molecule has 1 aliphatic rings. The Morgan fingerprint density at radius 2 is 1.73 bits per heavy atom. The van der Waals surface area contributed by atoms with Gasteiger partial charge < -0.3 is 5.32 Å². The fraction of sp³-hybridized carbons (Fsp3) is 1.00. The van der Waals surface area contributed by atoms with Crippen molar-refractivity contribution in [2.75, 3.05) is 13.1 Å². The van der Waals surface area contributed by atoms with Crippen LogP contribution in [0.5, 0.6) is 0 Å². The molecule has 0 radical (unpaired) electrons. The molecule has 1 heterocycles. The quantitative estimate of drug-likeness (QED) is 0.650. The van der Waals surface area contributed by atoms with E-state index in [0.29, 0.717) is 0 Å². The van der Waals surface area contributed by atoms with Crippen LogP contribution in [0, 0.1) is 5.92 Å². The predicted octanol–water partition coefficient (Wildman–Crippen LogP) is 2.81. The molecule has 1 saturated heterocycles. The van der Waals surface area contributed by atoms with E-state index in [2.05, 4.69) is 26.1 Å². The molecule has 0 atom stereocenters. The third-order valence-electron chi connectivity index (χ3n) is 1.82. The average molecular weight is 157 g/mol. The Hall–Kier alpha value is -0.0400. The van der Waals surface area contributed by atoms with Crippen LogP contribution in [0.1, 0.15) is 46.5 Å². The highest BCUT2D eigenvalue weighted by molar-refractivity contribution is 4.55. The van der Waals surface area contributed by atoms with Crippen molar-refractivity contribution in [2.45, 2.75) is 46.5 Å². The number of rotatable bonds is 2. The van der Waals surface area contributed by atoms with Crippen molar-refractivity contribution in [3.05, 3.63) is 0 Å². The van der Waals surface area contributed by atoms with Crippen molar-refractivity contribution >= 4 is 0 Å². The minimum atomic E-state index is 0.898. The van der Waals surface area contributed by atoms with Crippen molar-refractivity contribution in [3.63, 3.8) is 0 Å². The molecule has 1 heteroatoms. The Morgan fingerprint density at radius 1 is 1.18 bits per heavy atom. The second-order valence-corrected chi connectivity index (χ2v) is 3.64. The van der Waals surface area contributed by atoms with E-state index in [1.54, 1.807) is 0 Å². The van der Waals surface area contributed by atoms with Gasteiger partial charge in [-0.3, -0.25) is 0 Å². The maximum Gasteiger partial charge on any atom is -0.00484 e. The molecule has 1 rings (SSSR count). The molecule has 0 aromatic rings. The molecule has 0 spiro atoms. The first-order valence-electron chi connectivity index (χ1n) is 4.98. The third kappa shape index (κ3) is 9.96. The van der Waals surface area contributed by atoms with Gasteiger partial charge in [-0.1, -0.05) is 33.6 Å². The van der Waals surface area contributed by atoms with Crippen molar-refractivity contribution < 1.29 is 0 Å². The molecular formula is C10H23N. The van der Waals surface area contributed by atoms with Gasteiger partial charge in [0.05, 0.1) is 0 Å². The fourth-order valence-corrected chi connectivity index (χ4v) is 1.20. The lowest BCUT2D eigenvalue weighted by Gasteiger charge is -1.95. The molecule has 0 bridgehead atoms. The van der Waals surface area contributed by atoms with Crippen LogP contribution >= 0.6 is 0 Å². The summed E-state index contributed by atoms with van der Waals surface area (Å²) in [5, 5.41) is 3.22. The summed E-state index contributed by atoms with van der Waals surface area (Å²) in [7, 11) is 0. The normalized spacial score (nSPS) is 16.4. The maximum atomic E-state index is 3.22.